The number of benzene rings is 3. The number of rotatable bonds is 4. The first kappa shape index (κ1) is 24.8. The van der Waals surface area contributed by atoms with Crippen LogP contribution in [0, 0.1) is 24.4 Å². The Labute approximate surface area is 194 Å². The van der Waals surface area contributed by atoms with Crippen molar-refractivity contribution in [2.45, 2.75) is 26.4 Å². The molecule has 0 aliphatic carbocycles. The number of aryl methyl sites for hydroxylation is 1. The summed E-state index contributed by atoms with van der Waals surface area (Å²) >= 11 is 0. The average molecular weight is 471 g/mol. The van der Waals surface area contributed by atoms with Crippen LogP contribution in [0.4, 0.5) is 29.3 Å². The van der Waals surface area contributed by atoms with E-state index in [0.717, 1.165) is 5.56 Å². The van der Waals surface area contributed by atoms with Crippen molar-refractivity contribution in [3.8, 4) is 11.1 Å². The van der Waals surface area contributed by atoms with E-state index in [1.165, 1.54) is 29.2 Å². The summed E-state index contributed by atoms with van der Waals surface area (Å²) in [5.41, 5.74) is 6.74. The third kappa shape index (κ3) is 5.55. The van der Waals surface area contributed by atoms with E-state index in [9.17, 15) is 27.9 Å². The van der Waals surface area contributed by atoms with Crippen molar-refractivity contribution in [1.82, 2.24) is 0 Å². The molecule has 1 aliphatic heterocycles. The number of anilines is 2. The van der Waals surface area contributed by atoms with Crippen molar-refractivity contribution in [2.75, 3.05) is 16.8 Å². The second-order valence-electron chi connectivity index (χ2n) is 7.70. The zero-order chi connectivity index (χ0) is 24.8. The molecule has 0 atom stereocenters. The van der Waals surface area contributed by atoms with Crippen LogP contribution in [0.15, 0.2) is 54.6 Å². The van der Waals surface area contributed by atoms with Gasteiger partial charge >= 0.3 is 6.03 Å². The normalized spacial score (nSPS) is 12.9. The van der Waals surface area contributed by atoms with Crippen LogP contribution >= 0.6 is 0 Å². The summed E-state index contributed by atoms with van der Waals surface area (Å²) in [6, 6.07) is 13.3. The highest BCUT2D eigenvalue weighted by Crippen LogP contribution is 2.33. The van der Waals surface area contributed by atoms with Crippen molar-refractivity contribution in [2.24, 2.45) is 5.73 Å². The number of carbonyl (C=O) groups is 2. The van der Waals surface area contributed by atoms with Crippen LogP contribution in [0.2, 0.25) is 0 Å². The van der Waals surface area contributed by atoms with Gasteiger partial charge in [-0.15, -0.1) is 0 Å². The van der Waals surface area contributed by atoms with Gasteiger partial charge in [-0.3, -0.25) is 4.79 Å². The number of urea groups is 1. The monoisotopic (exact) mass is 471 g/mol. The number of primary amides is 1. The van der Waals surface area contributed by atoms with Gasteiger partial charge in [-0.1, -0.05) is 30.3 Å². The molecule has 0 saturated carbocycles. The van der Waals surface area contributed by atoms with Gasteiger partial charge in [0.25, 0.3) is 0 Å². The molecule has 0 radical (unpaired) electrons. The van der Waals surface area contributed by atoms with E-state index >= 15 is 0 Å². The largest absolute Gasteiger partial charge is 0.392 e. The van der Waals surface area contributed by atoms with E-state index in [2.05, 4.69) is 5.32 Å². The Kier molecular flexibility index (Phi) is 7.91. The predicted molar refractivity (Wildman–Crippen MR) is 124 cm³/mol. The zero-order valence-electron chi connectivity index (χ0n) is 18.4. The number of aliphatic hydroxyl groups excluding tert-OH is 1. The molecule has 1 saturated heterocycles. The van der Waals surface area contributed by atoms with Crippen LogP contribution in [0.3, 0.4) is 0 Å². The molecule has 4 N–H and O–H groups in total. The third-order valence-corrected chi connectivity index (χ3v) is 5.29. The maximum absolute atomic E-state index is 14.5. The van der Waals surface area contributed by atoms with Gasteiger partial charge < -0.3 is 21.1 Å². The third-order valence-electron chi connectivity index (χ3n) is 5.29. The summed E-state index contributed by atoms with van der Waals surface area (Å²) in [6.07, 6.45) is 1.01. The van der Waals surface area contributed by atoms with Gasteiger partial charge in [-0.05, 0) is 54.3 Å². The summed E-state index contributed by atoms with van der Waals surface area (Å²) in [4.78, 5) is 23.3. The van der Waals surface area contributed by atoms with Crippen molar-refractivity contribution in [3.05, 3.63) is 83.2 Å². The molecular weight excluding hydrogens is 447 g/mol. The van der Waals surface area contributed by atoms with E-state index in [0.29, 0.717) is 30.5 Å². The maximum Gasteiger partial charge on any atom is 0.316 e. The summed E-state index contributed by atoms with van der Waals surface area (Å²) < 4.78 is 41.8. The molecule has 34 heavy (non-hydrogen) atoms. The molecule has 0 bridgehead atoms. The number of nitrogens with one attached hydrogen (secondary N) is 1. The average Bonchev–Trinajstić information content (AvgIpc) is 3.23. The first-order chi connectivity index (χ1) is 16.2. The van der Waals surface area contributed by atoms with E-state index < -0.39 is 23.5 Å². The number of hydrogen-bond donors (Lipinski definition) is 3. The van der Waals surface area contributed by atoms with Gasteiger partial charge in [0.1, 0.15) is 5.82 Å². The lowest BCUT2D eigenvalue weighted by molar-refractivity contribution is -0.117. The molecule has 1 fully saturated rings. The Bertz CT molecular complexity index is 1220. The van der Waals surface area contributed by atoms with Crippen LogP contribution in [-0.2, 0) is 11.4 Å². The molecule has 3 aromatic carbocycles. The molecule has 3 aromatic rings. The summed E-state index contributed by atoms with van der Waals surface area (Å²) in [5, 5.41) is 11.5. The van der Waals surface area contributed by atoms with Crippen LogP contribution in [0.1, 0.15) is 24.0 Å². The molecule has 1 aliphatic rings. The molecule has 9 heteroatoms. The fourth-order valence-electron chi connectivity index (χ4n) is 3.63. The lowest BCUT2D eigenvalue weighted by atomic mass is 9.99. The van der Waals surface area contributed by atoms with Gasteiger partial charge in [0.15, 0.2) is 11.6 Å². The minimum Gasteiger partial charge on any atom is -0.392 e. The number of aliphatic hydroxyl groups is 1. The minimum absolute atomic E-state index is 0.0229. The standard InChI is InChI=1S/C17H15F2NO2.C8H9FN2O/c18-16-13(12-5-2-1-4-11(12)10-21)7-8-14(17(16)19)20-9-3-6-15(20)22;1-5-2-3-7(6(9)4-5)11-8(10)12/h1-2,4-5,7-8,21H,3,6,9-10H2;2-4H,1H3,(H3,10,11,12). The Balaban J connectivity index is 0.000000229. The van der Waals surface area contributed by atoms with Gasteiger partial charge in [0.05, 0.1) is 18.0 Å². The van der Waals surface area contributed by atoms with E-state index in [4.69, 9.17) is 5.73 Å². The van der Waals surface area contributed by atoms with E-state index in [1.54, 1.807) is 37.3 Å². The van der Waals surface area contributed by atoms with Crippen LogP contribution in [0.25, 0.3) is 11.1 Å². The van der Waals surface area contributed by atoms with Crippen molar-refractivity contribution >= 4 is 23.3 Å². The molecule has 6 nitrogen and oxygen atoms in total. The minimum atomic E-state index is -1.03. The summed E-state index contributed by atoms with van der Waals surface area (Å²) in [6.45, 7) is 1.91. The summed E-state index contributed by atoms with van der Waals surface area (Å²) in [5.74, 6) is -2.70. The van der Waals surface area contributed by atoms with E-state index in [-0.39, 0.29) is 29.5 Å². The molecule has 4 rings (SSSR count). The molecule has 178 valence electrons. The SMILES string of the molecule is Cc1ccc(NC(N)=O)c(F)c1.O=C1CCCN1c1ccc(-c2ccccc2CO)c(F)c1F. The van der Waals surface area contributed by atoms with Gasteiger partial charge in [-0.2, -0.15) is 0 Å². The Morgan fingerprint density at radius 1 is 1.06 bits per heavy atom. The van der Waals surface area contributed by atoms with Crippen molar-refractivity contribution in [1.29, 1.82) is 0 Å². The quantitative estimate of drug-likeness (QED) is 0.506. The molecule has 3 amide bonds. The van der Waals surface area contributed by atoms with E-state index in [1.807, 2.05) is 0 Å². The fourth-order valence-corrected chi connectivity index (χ4v) is 3.63. The van der Waals surface area contributed by atoms with Gasteiger partial charge in [0, 0.05) is 18.5 Å². The zero-order valence-corrected chi connectivity index (χ0v) is 18.4. The lowest BCUT2D eigenvalue weighted by Gasteiger charge is -2.18. The Morgan fingerprint density at radius 2 is 1.79 bits per heavy atom. The molecule has 1 heterocycles. The number of carbonyl (C=O) groups excluding carboxylic acids is 2. The van der Waals surface area contributed by atoms with Crippen LogP contribution in [-0.4, -0.2) is 23.6 Å². The Hall–Kier alpha value is -3.85. The highest BCUT2D eigenvalue weighted by Gasteiger charge is 2.27. The smallest absolute Gasteiger partial charge is 0.316 e. The number of nitrogens with zero attached hydrogens (tertiary/aromatic N) is 1. The van der Waals surface area contributed by atoms with Gasteiger partial charge in [0.2, 0.25) is 5.91 Å². The van der Waals surface area contributed by atoms with Gasteiger partial charge in [-0.25, -0.2) is 18.0 Å². The predicted octanol–water partition coefficient (Wildman–Crippen LogP) is 4.88. The summed E-state index contributed by atoms with van der Waals surface area (Å²) in [7, 11) is 0. The highest BCUT2D eigenvalue weighted by molar-refractivity contribution is 5.95. The second-order valence-corrected chi connectivity index (χ2v) is 7.70. The topological polar surface area (TPSA) is 95.7 Å². The number of hydrogen-bond acceptors (Lipinski definition) is 3. The first-order valence-corrected chi connectivity index (χ1v) is 10.5. The van der Waals surface area contributed by atoms with Crippen molar-refractivity contribution in [3.63, 3.8) is 0 Å². The fraction of sp³-hybridized carbons (Fsp3) is 0.200. The maximum atomic E-state index is 14.5. The number of nitrogens with two attached hydrogens (primary N) is 1. The molecular formula is C25H24F3N3O3. The molecule has 0 spiro atoms. The Morgan fingerprint density at radius 3 is 2.41 bits per heavy atom. The molecule has 0 unspecified atom stereocenters. The lowest BCUT2D eigenvalue weighted by Crippen LogP contribution is -2.25. The first-order valence-electron chi connectivity index (χ1n) is 10.5. The van der Waals surface area contributed by atoms with Crippen molar-refractivity contribution < 1.29 is 27.9 Å². The molecule has 0 aromatic heterocycles. The van der Waals surface area contributed by atoms with Crippen LogP contribution in [0.5, 0.6) is 0 Å². The second kappa shape index (κ2) is 10.8. The highest BCUT2D eigenvalue weighted by atomic mass is 19.2. The number of amides is 3. The van der Waals surface area contributed by atoms with Crippen LogP contribution < -0.4 is 16.0 Å². The number of halogens is 3.